The van der Waals surface area contributed by atoms with E-state index in [1.54, 1.807) is 0 Å². The van der Waals surface area contributed by atoms with E-state index in [1.807, 2.05) is 0 Å². The first-order valence-corrected chi connectivity index (χ1v) is 8.40. The molecule has 4 heteroatoms. The topological polar surface area (TPSA) is 64.3 Å². The molecular weight excluding hydrogens is 252 g/mol. The summed E-state index contributed by atoms with van der Waals surface area (Å²) in [5.74, 6) is 0.740. The fraction of sp³-hybridized carbons (Fsp3) is 0.938. The Bertz CT molecular complexity index is 284. The van der Waals surface area contributed by atoms with Gasteiger partial charge in [0.05, 0.1) is 6.10 Å². The quantitative estimate of drug-likeness (QED) is 0.786. The molecule has 2 rings (SSSR count). The van der Waals surface area contributed by atoms with Crippen LogP contribution in [0, 0.1) is 5.92 Å². The molecule has 1 saturated heterocycles. The van der Waals surface area contributed by atoms with Gasteiger partial charge in [-0.3, -0.25) is 4.79 Å². The van der Waals surface area contributed by atoms with Crippen molar-refractivity contribution >= 4 is 5.91 Å². The zero-order chi connectivity index (χ0) is 14.2. The summed E-state index contributed by atoms with van der Waals surface area (Å²) in [5.41, 5.74) is 5.85. The average molecular weight is 282 g/mol. The standard InChI is InChI=1S/C16H30N2O2/c17-12-15(13-6-2-1-3-7-13)18-16(19)10-9-14-8-4-5-11-20-14/h13-15H,1-12,17H2,(H,18,19). The number of carbonyl (C=O) groups excluding carboxylic acids is 1. The van der Waals surface area contributed by atoms with Crippen LogP contribution in [0.2, 0.25) is 0 Å². The normalized spacial score (nSPS) is 26.1. The molecule has 0 aromatic carbocycles. The van der Waals surface area contributed by atoms with Gasteiger partial charge in [0.15, 0.2) is 0 Å². The van der Waals surface area contributed by atoms with E-state index in [9.17, 15) is 4.79 Å². The second kappa shape index (κ2) is 8.63. The first-order chi connectivity index (χ1) is 9.79. The molecule has 2 unspecified atom stereocenters. The highest BCUT2D eigenvalue weighted by atomic mass is 16.5. The van der Waals surface area contributed by atoms with Crippen molar-refractivity contribution in [2.24, 2.45) is 11.7 Å². The molecule has 2 atom stereocenters. The second-order valence-electron chi connectivity index (χ2n) is 6.34. The second-order valence-corrected chi connectivity index (χ2v) is 6.34. The number of amides is 1. The highest BCUT2D eigenvalue weighted by molar-refractivity contribution is 5.76. The van der Waals surface area contributed by atoms with Crippen LogP contribution in [-0.2, 0) is 9.53 Å². The highest BCUT2D eigenvalue weighted by Gasteiger charge is 2.24. The molecule has 0 aromatic heterocycles. The largest absolute Gasteiger partial charge is 0.378 e. The van der Waals surface area contributed by atoms with Crippen molar-refractivity contribution in [2.45, 2.75) is 76.4 Å². The molecular formula is C16H30N2O2. The van der Waals surface area contributed by atoms with Gasteiger partial charge < -0.3 is 15.8 Å². The zero-order valence-electron chi connectivity index (χ0n) is 12.6. The molecule has 1 heterocycles. The Morgan fingerprint density at radius 3 is 2.55 bits per heavy atom. The molecule has 1 aliphatic heterocycles. The number of ether oxygens (including phenoxy) is 1. The summed E-state index contributed by atoms with van der Waals surface area (Å²) < 4.78 is 5.67. The Morgan fingerprint density at radius 2 is 1.90 bits per heavy atom. The molecule has 2 fully saturated rings. The maximum atomic E-state index is 12.1. The van der Waals surface area contributed by atoms with Gasteiger partial charge in [-0.25, -0.2) is 0 Å². The molecule has 2 aliphatic rings. The van der Waals surface area contributed by atoms with Crippen LogP contribution >= 0.6 is 0 Å². The van der Waals surface area contributed by atoms with E-state index in [1.165, 1.54) is 44.9 Å². The fourth-order valence-electron chi connectivity index (χ4n) is 3.51. The van der Waals surface area contributed by atoms with Crippen molar-refractivity contribution in [3.05, 3.63) is 0 Å². The van der Waals surface area contributed by atoms with Crippen molar-refractivity contribution < 1.29 is 9.53 Å². The molecule has 116 valence electrons. The van der Waals surface area contributed by atoms with E-state index in [0.717, 1.165) is 19.4 Å². The van der Waals surface area contributed by atoms with Crippen LogP contribution in [0.25, 0.3) is 0 Å². The lowest BCUT2D eigenvalue weighted by molar-refractivity contribution is -0.123. The van der Waals surface area contributed by atoms with E-state index in [2.05, 4.69) is 5.32 Å². The SMILES string of the molecule is NCC(NC(=O)CCC1CCCCO1)C1CCCCC1. The Morgan fingerprint density at radius 1 is 1.15 bits per heavy atom. The van der Waals surface area contributed by atoms with Gasteiger partial charge in [-0.2, -0.15) is 0 Å². The van der Waals surface area contributed by atoms with Gasteiger partial charge in [-0.05, 0) is 44.4 Å². The molecule has 0 aromatic rings. The minimum absolute atomic E-state index is 0.153. The third kappa shape index (κ3) is 5.06. The predicted molar refractivity (Wildman–Crippen MR) is 80.4 cm³/mol. The smallest absolute Gasteiger partial charge is 0.220 e. The summed E-state index contributed by atoms with van der Waals surface area (Å²) in [6, 6.07) is 0.176. The van der Waals surface area contributed by atoms with Crippen LogP contribution in [0.4, 0.5) is 0 Å². The van der Waals surface area contributed by atoms with Crippen molar-refractivity contribution in [2.75, 3.05) is 13.2 Å². The van der Waals surface area contributed by atoms with E-state index >= 15 is 0 Å². The predicted octanol–water partition coefficient (Wildman–Crippen LogP) is 2.36. The number of hydrogen-bond acceptors (Lipinski definition) is 3. The van der Waals surface area contributed by atoms with E-state index in [4.69, 9.17) is 10.5 Å². The Hall–Kier alpha value is -0.610. The Balaban J connectivity index is 1.68. The summed E-state index contributed by atoms with van der Waals surface area (Å²) in [4.78, 5) is 12.1. The van der Waals surface area contributed by atoms with Crippen LogP contribution in [0.1, 0.15) is 64.2 Å². The lowest BCUT2D eigenvalue weighted by atomic mass is 9.84. The first kappa shape index (κ1) is 15.8. The monoisotopic (exact) mass is 282 g/mol. The zero-order valence-corrected chi connectivity index (χ0v) is 12.6. The van der Waals surface area contributed by atoms with Crippen molar-refractivity contribution in [1.29, 1.82) is 0 Å². The van der Waals surface area contributed by atoms with E-state index in [0.29, 0.717) is 25.0 Å². The minimum Gasteiger partial charge on any atom is -0.378 e. The molecule has 20 heavy (non-hydrogen) atoms. The molecule has 1 amide bonds. The molecule has 3 N–H and O–H groups in total. The number of hydrogen-bond donors (Lipinski definition) is 2. The Kier molecular flexibility index (Phi) is 6.80. The number of nitrogens with two attached hydrogens (primary N) is 1. The lowest BCUT2D eigenvalue weighted by Gasteiger charge is -2.30. The first-order valence-electron chi connectivity index (χ1n) is 8.40. The molecule has 1 aliphatic carbocycles. The van der Waals surface area contributed by atoms with Crippen molar-refractivity contribution in [3.8, 4) is 0 Å². The number of carbonyl (C=O) groups is 1. The summed E-state index contributed by atoms with van der Waals surface area (Å²) in [5, 5.41) is 3.16. The van der Waals surface area contributed by atoms with Gasteiger partial charge in [-0.1, -0.05) is 19.3 Å². The summed E-state index contributed by atoms with van der Waals surface area (Å²) >= 11 is 0. The van der Waals surface area contributed by atoms with Gasteiger partial charge in [0.1, 0.15) is 0 Å². The van der Waals surface area contributed by atoms with Crippen LogP contribution < -0.4 is 11.1 Å². The van der Waals surface area contributed by atoms with Crippen LogP contribution in [0.3, 0.4) is 0 Å². The summed E-state index contributed by atoms with van der Waals surface area (Å²) in [7, 11) is 0. The minimum atomic E-state index is 0.153. The van der Waals surface area contributed by atoms with Crippen LogP contribution in [-0.4, -0.2) is 31.2 Å². The number of rotatable bonds is 6. The molecule has 4 nitrogen and oxygen atoms in total. The Labute approximate surface area is 122 Å². The molecule has 0 bridgehead atoms. The highest BCUT2D eigenvalue weighted by Crippen LogP contribution is 2.26. The van der Waals surface area contributed by atoms with Crippen molar-refractivity contribution in [1.82, 2.24) is 5.32 Å². The summed E-state index contributed by atoms with van der Waals surface area (Å²) in [6.45, 7) is 1.43. The summed E-state index contributed by atoms with van der Waals surface area (Å²) in [6.07, 6.45) is 11.6. The fourth-order valence-corrected chi connectivity index (χ4v) is 3.51. The van der Waals surface area contributed by atoms with Gasteiger partial charge in [0.25, 0.3) is 0 Å². The maximum Gasteiger partial charge on any atom is 0.220 e. The average Bonchev–Trinajstić information content (AvgIpc) is 2.52. The molecule has 0 radical (unpaired) electrons. The molecule has 0 spiro atoms. The van der Waals surface area contributed by atoms with Gasteiger partial charge in [0.2, 0.25) is 5.91 Å². The van der Waals surface area contributed by atoms with Gasteiger partial charge >= 0.3 is 0 Å². The maximum absolute atomic E-state index is 12.1. The van der Waals surface area contributed by atoms with Gasteiger partial charge in [-0.15, -0.1) is 0 Å². The van der Waals surface area contributed by atoms with Gasteiger partial charge in [0, 0.05) is 25.6 Å². The van der Waals surface area contributed by atoms with Crippen LogP contribution in [0.5, 0.6) is 0 Å². The lowest BCUT2D eigenvalue weighted by Crippen LogP contribution is -2.46. The number of nitrogens with one attached hydrogen (secondary N) is 1. The van der Waals surface area contributed by atoms with E-state index in [-0.39, 0.29) is 11.9 Å². The van der Waals surface area contributed by atoms with E-state index < -0.39 is 0 Å². The molecule has 1 saturated carbocycles. The van der Waals surface area contributed by atoms with Crippen molar-refractivity contribution in [3.63, 3.8) is 0 Å². The van der Waals surface area contributed by atoms with Crippen LogP contribution in [0.15, 0.2) is 0 Å². The third-order valence-corrected chi connectivity index (χ3v) is 4.79. The third-order valence-electron chi connectivity index (χ3n) is 4.79.